The first-order valence-corrected chi connectivity index (χ1v) is 9.19. The number of nitrogens with zero attached hydrogens (tertiary/aromatic N) is 3. The van der Waals surface area contributed by atoms with Crippen molar-refractivity contribution in [2.45, 2.75) is 37.6 Å². The molecule has 2 saturated carbocycles. The lowest BCUT2D eigenvalue weighted by atomic mass is 10.1. The maximum absolute atomic E-state index is 6.15. The zero-order chi connectivity index (χ0) is 16.3. The second kappa shape index (κ2) is 5.46. The third-order valence-electron chi connectivity index (χ3n) is 5.89. The van der Waals surface area contributed by atoms with E-state index in [0.29, 0.717) is 34.6 Å². The van der Waals surface area contributed by atoms with Crippen LogP contribution in [-0.2, 0) is 4.74 Å². The minimum atomic E-state index is 0.365. The molecule has 5 rings (SSSR count). The normalized spacial score (nSPS) is 29.1. The molecule has 2 aromatic rings. The molecule has 3 fully saturated rings. The first-order valence-electron chi connectivity index (χ1n) is 8.81. The molecule has 2 aliphatic carbocycles. The fraction of sp³-hybridized carbons (Fsp3) is 0.556. The summed E-state index contributed by atoms with van der Waals surface area (Å²) in [6.45, 7) is 1.80. The monoisotopic (exact) mass is 344 g/mol. The quantitative estimate of drug-likeness (QED) is 0.922. The number of ether oxygens (including phenoxy) is 1. The minimum Gasteiger partial charge on any atom is -0.382 e. The van der Waals surface area contributed by atoms with Crippen LogP contribution < -0.4 is 5.73 Å². The van der Waals surface area contributed by atoms with Gasteiger partial charge in [0.25, 0.3) is 0 Å². The zero-order valence-corrected chi connectivity index (χ0v) is 14.2. The van der Waals surface area contributed by atoms with Crippen molar-refractivity contribution in [1.82, 2.24) is 14.8 Å². The van der Waals surface area contributed by atoms with Gasteiger partial charge in [-0.3, -0.25) is 4.68 Å². The van der Waals surface area contributed by atoms with Gasteiger partial charge >= 0.3 is 0 Å². The predicted molar refractivity (Wildman–Crippen MR) is 92.9 cm³/mol. The van der Waals surface area contributed by atoms with E-state index in [1.54, 1.807) is 6.20 Å². The van der Waals surface area contributed by atoms with Gasteiger partial charge in [0.15, 0.2) is 0 Å². The highest BCUT2D eigenvalue weighted by molar-refractivity contribution is 6.33. The molecule has 5 nitrogen and oxygen atoms in total. The highest BCUT2D eigenvalue weighted by Gasteiger charge is 2.56. The molecule has 2 N–H and O–H groups in total. The summed E-state index contributed by atoms with van der Waals surface area (Å²) in [4.78, 5) is 4.19. The van der Waals surface area contributed by atoms with Crippen molar-refractivity contribution in [1.29, 1.82) is 0 Å². The van der Waals surface area contributed by atoms with Crippen LogP contribution in [0.5, 0.6) is 0 Å². The van der Waals surface area contributed by atoms with Crippen LogP contribution in [0.4, 0.5) is 5.82 Å². The van der Waals surface area contributed by atoms with E-state index in [0.717, 1.165) is 24.5 Å². The molecular weight excluding hydrogens is 324 g/mol. The molecule has 24 heavy (non-hydrogen) atoms. The molecule has 3 atom stereocenters. The van der Waals surface area contributed by atoms with Gasteiger partial charge in [-0.05, 0) is 36.8 Å². The van der Waals surface area contributed by atoms with E-state index in [1.807, 2.05) is 6.07 Å². The standard InChI is InChI=1S/C18H21ClN4O/c19-14-5-10(7-21-18(14)20)15-6-16(17-12-8-24-9-13(12)17)23(22-15)11-3-1-2-4-11/h5-7,11-13,17H,1-4,8-9H2,(H2,20,21)/t12-,13+,17-. The Hall–Kier alpha value is -1.59. The smallest absolute Gasteiger partial charge is 0.142 e. The summed E-state index contributed by atoms with van der Waals surface area (Å²) >= 11 is 6.15. The molecule has 0 unspecified atom stereocenters. The molecular formula is C18H21ClN4O. The SMILES string of the molecule is Nc1ncc(-c2cc([C@@H]3[C@@H]4COC[C@@H]43)n(C3CCCC3)n2)cc1Cl. The van der Waals surface area contributed by atoms with Crippen molar-refractivity contribution in [3.63, 3.8) is 0 Å². The Morgan fingerprint density at radius 1 is 1.17 bits per heavy atom. The Morgan fingerprint density at radius 2 is 1.92 bits per heavy atom. The van der Waals surface area contributed by atoms with Crippen LogP contribution in [-0.4, -0.2) is 28.0 Å². The predicted octanol–water partition coefficient (Wildman–Crippen LogP) is 3.66. The van der Waals surface area contributed by atoms with Crippen molar-refractivity contribution < 1.29 is 4.74 Å². The summed E-state index contributed by atoms with van der Waals surface area (Å²) in [7, 11) is 0. The second-order valence-electron chi connectivity index (χ2n) is 7.32. The number of pyridine rings is 1. The van der Waals surface area contributed by atoms with E-state index in [2.05, 4.69) is 15.7 Å². The van der Waals surface area contributed by atoms with Crippen LogP contribution in [0.3, 0.4) is 0 Å². The molecule has 0 radical (unpaired) electrons. The minimum absolute atomic E-state index is 0.365. The highest BCUT2D eigenvalue weighted by Crippen LogP contribution is 2.58. The lowest BCUT2D eigenvalue weighted by Crippen LogP contribution is -2.12. The second-order valence-corrected chi connectivity index (χ2v) is 7.73. The van der Waals surface area contributed by atoms with E-state index >= 15 is 0 Å². The number of fused-ring (bicyclic) bond motifs is 1. The number of anilines is 1. The van der Waals surface area contributed by atoms with Crippen LogP contribution in [0.15, 0.2) is 18.3 Å². The molecule has 0 aromatic carbocycles. The maximum atomic E-state index is 6.15. The van der Waals surface area contributed by atoms with Gasteiger partial charge in [0, 0.05) is 23.4 Å². The van der Waals surface area contributed by atoms with Crippen molar-refractivity contribution in [3.05, 3.63) is 29.0 Å². The largest absolute Gasteiger partial charge is 0.382 e. The Morgan fingerprint density at radius 3 is 2.62 bits per heavy atom. The van der Waals surface area contributed by atoms with E-state index in [9.17, 15) is 0 Å². The number of nitrogen functional groups attached to an aromatic ring is 1. The fourth-order valence-corrected chi connectivity index (χ4v) is 4.67. The van der Waals surface area contributed by atoms with Crippen molar-refractivity contribution >= 4 is 17.4 Å². The maximum Gasteiger partial charge on any atom is 0.142 e. The molecule has 1 aliphatic heterocycles. The summed E-state index contributed by atoms with van der Waals surface area (Å²) in [5.74, 6) is 2.34. The van der Waals surface area contributed by atoms with Gasteiger partial charge in [-0.25, -0.2) is 4.98 Å². The van der Waals surface area contributed by atoms with Crippen LogP contribution in [0.2, 0.25) is 5.02 Å². The van der Waals surface area contributed by atoms with Crippen molar-refractivity contribution in [3.8, 4) is 11.3 Å². The van der Waals surface area contributed by atoms with E-state index in [1.165, 1.54) is 31.4 Å². The summed E-state index contributed by atoms with van der Waals surface area (Å²) in [5.41, 5.74) is 9.01. The molecule has 0 spiro atoms. The van der Waals surface area contributed by atoms with Gasteiger partial charge in [0.2, 0.25) is 0 Å². The Balaban J connectivity index is 1.55. The van der Waals surface area contributed by atoms with Gasteiger partial charge < -0.3 is 10.5 Å². The fourth-order valence-electron chi connectivity index (χ4n) is 4.51. The van der Waals surface area contributed by atoms with Gasteiger partial charge in [0.05, 0.1) is 30.0 Å². The molecule has 0 amide bonds. The third-order valence-corrected chi connectivity index (χ3v) is 6.20. The number of hydrogen-bond acceptors (Lipinski definition) is 4. The summed E-state index contributed by atoms with van der Waals surface area (Å²) in [6.07, 6.45) is 6.83. The van der Waals surface area contributed by atoms with Crippen LogP contribution in [0.25, 0.3) is 11.3 Å². The first kappa shape index (κ1) is 14.7. The van der Waals surface area contributed by atoms with E-state index in [4.69, 9.17) is 27.2 Å². The Bertz CT molecular complexity index is 773. The Kier molecular flexibility index (Phi) is 3.35. The first-order chi connectivity index (χ1) is 11.7. The molecule has 1 saturated heterocycles. The molecule has 126 valence electrons. The summed E-state index contributed by atoms with van der Waals surface area (Å²) in [5, 5.41) is 5.45. The van der Waals surface area contributed by atoms with Gasteiger partial charge in [-0.2, -0.15) is 5.10 Å². The highest BCUT2D eigenvalue weighted by atomic mass is 35.5. The number of halogens is 1. The third kappa shape index (κ3) is 2.25. The number of aromatic nitrogens is 3. The lowest BCUT2D eigenvalue weighted by molar-refractivity contribution is 0.159. The van der Waals surface area contributed by atoms with Gasteiger partial charge in [0.1, 0.15) is 5.82 Å². The lowest BCUT2D eigenvalue weighted by Gasteiger charge is -2.15. The van der Waals surface area contributed by atoms with Crippen molar-refractivity contribution in [2.24, 2.45) is 11.8 Å². The van der Waals surface area contributed by atoms with E-state index < -0.39 is 0 Å². The molecule has 3 aliphatic rings. The topological polar surface area (TPSA) is 66.0 Å². The number of hydrogen-bond donors (Lipinski definition) is 1. The van der Waals surface area contributed by atoms with Crippen LogP contribution >= 0.6 is 11.6 Å². The Labute approximate surface area is 146 Å². The number of nitrogens with two attached hydrogens (primary N) is 1. The summed E-state index contributed by atoms with van der Waals surface area (Å²) in [6, 6.07) is 4.64. The van der Waals surface area contributed by atoms with E-state index in [-0.39, 0.29) is 0 Å². The number of rotatable bonds is 3. The molecule has 6 heteroatoms. The van der Waals surface area contributed by atoms with Gasteiger partial charge in [-0.1, -0.05) is 24.4 Å². The molecule has 3 heterocycles. The van der Waals surface area contributed by atoms with Gasteiger partial charge in [-0.15, -0.1) is 0 Å². The zero-order valence-electron chi connectivity index (χ0n) is 13.5. The molecule has 0 bridgehead atoms. The summed E-state index contributed by atoms with van der Waals surface area (Å²) < 4.78 is 7.87. The van der Waals surface area contributed by atoms with Crippen molar-refractivity contribution in [2.75, 3.05) is 18.9 Å². The van der Waals surface area contributed by atoms with Crippen LogP contribution in [0.1, 0.15) is 43.3 Å². The average molecular weight is 345 g/mol. The average Bonchev–Trinajstić information content (AvgIpc) is 3.12. The van der Waals surface area contributed by atoms with Crippen LogP contribution in [0, 0.1) is 11.8 Å². The molecule has 2 aromatic heterocycles.